The third kappa shape index (κ3) is 3.66. The Hall–Kier alpha value is -1.21. The molecule has 3 aliphatic rings. The summed E-state index contributed by atoms with van der Waals surface area (Å²) in [7, 11) is 0. The van der Waals surface area contributed by atoms with Crippen LogP contribution in [0, 0.1) is 17.8 Å². The predicted molar refractivity (Wildman–Crippen MR) is 80.9 cm³/mol. The monoisotopic (exact) mass is 328 g/mol. The molecular weight excluding hydrogens is 303 g/mol. The van der Waals surface area contributed by atoms with Crippen molar-refractivity contribution >= 4 is 11.9 Å². The number of aliphatic carboxylic acids is 2. The molecule has 0 bridgehead atoms. The summed E-state index contributed by atoms with van der Waals surface area (Å²) in [4.78, 5) is 24.4. The molecule has 3 fully saturated rings. The number of rotatable bonds is 3. The van der Waals surface area contributed by atoms with Crippen LogP contribution in [0.4, 0.5) is 4.39 Å². The number of carboxylic acids is 2. The number of hydrogen-bond acceptors (Lipinski definition) is 4. The van der Waals surface area contributed by atoms with E-state index in [0.717, 1.165) is 25.8 Å². The minimum atomic E-state index is -1.08. The van der Waals surface area contributed by atoms with E-state index in [1.807, 2.05) is 4.90 Å². The fourth-order valence-corrected chi connectivity index (χ4v) is 4.61. The van der Waals surface area contributed by atoms with E-state index in [1.165, 1.54) is 0 Å². The van der Waals surface area contributed by atoms with Crippen molar-refractivity contribution in [2.45, 2.75) is 50.4 Å². The second-order valence-electron chi connectivity index (χ2n) is 7.34. The molecule has 0 spiro atoms. The van der Waals surface area contributed by atoms with Crippen LogP contribution in [0.25, 0.3) is 0 Å². The number of carboxylic acid groups (broad SMARTS) is 2. The Labute approximate surface area is 135 Å². The molecule has 6 nitrogen and oxygen atoms in total. The van der Waals surface area contributed by atoms with Gasteiger partial charge >= 0.3 is 11.9 Å². The second kappa shape index (κ2) is 6.73. The summed E-state index contributed by atoms with van der Waals surface area (Å²) < 4.78 is 13.9. The van der Waals surface area contributed by atoms with Gasteiger partial charge in [0, 0.05) is 19.1 Å². The van der Waals surface area contributed by atoms with Crippen LogP contribution in [0.15, 0.2) is 0 Å². The SMILES string of the molecule is O=C(O)C1CC2CC(N3CC(F)C[C@@H](C(=O)O)C3)CCC2CN1. The Morgan fingerprint density at radius 2 is 1.78 bits per heavy atom. The van der Waals surface area contributed by atoms with E-state index in [2.05, 4.69) is 5.32 Å². The van der Waals surface area contributed by atoms with Gasteiger partial charge in [-0.25, -0.2) is 4.39 Å². The topological polar surface area (TPSA) is 89.9 Å². The van der Waals surface area contributed by atoms with Gasteiger partial charge in [0.15, 0.2) is 0 Å². The van der Waals surface area contributed by atoms with E-state index in [9.17, 15) is 24.2 Å². The first-order valence-corrected chi connectivity index (χ1v) is 8.51. The number of hydrogen-bond donors (Lipinski definition) is 3. The summed E-state index contributed by atoms with van der Waals surface area (Å²) in [6, 6.07) is -0.304. The Kier molecular flexibility index (Phi) is 4.87. The quantitative estimate of drug-likeness (QED) is 0.715. The van der Waals surface area contributed by atoms with Crippen LogP contribution in [-0.4, -0.2) is 64.9 Å². The summed E-state index contributed by atoms with van der Waals surface area (Å²) in [5, 5.41) is 21.5. The highest BCUT2D eigenvalue weighted by Crippen LogP contribution is 2.38. The van der Waals surface area contributed by atoms with Crippen LogP contribution in [0.3, 0.4) is 0 Å². The molecule has 0 radical (unpaired) electrons. The van der Waals surface area contributed by atoms with Gasteiger partial charge < -0.3 is 15.5 Å². The number of fused-ring (bicyclic) bond motifs is 1. The average molecular weight is 328 g/mol. The van der Waals surface area contributed by atoms with E-state index >= 15 is 0 Å². The minimum absolute atomic E-state index is 0.107. The zero-order valence-electron chi connectivity index (χ0n) is 13.2. The summed E-state index contributed by atoms with van der Waals surface area (Å²) in [5.41, 5.74) is 0. The molecule has 6 atom stereocenters. The van der Waals surface area contributed by atoms with Crippen molar-refractivity contribution in [2.75, 3.05) is 19.6 Å². The van der Waals surface area contributed by atoms with E-state index in [-0.39, 0.29) is 12.5 Å². The third-order valence-electron chi connectivity index (χ3n) is 5.87. The maximum absolute atomic E-state index is 13.9. The van der Waals surface area contributed by atoms with Crippen molar-refractivity contribution < 1.29 is 24.2 Å². The zero-order chi connectivity index (χ0) is 16.6. The number of alkyl halides is 1. The Bertz CT molecular complexity index is 475. The second-order valence-corrected chi connectivity index (χ2v) is 7.34. The van der Waals surface area contributed by atoms with E-state index in [0.29, 0.717) is 31.3 Å². The van der Waals surface area contributed by atoms with E-state index in [4.69, 9.17) is 0 Å². The fourth-order valence-electron chi connectivity index (χ4n) is 4.61. The molecule has 1 aliphatic carbocycles. The van der Waals surface area contributed by atoms with Gasteiger partial charge in [0.1, 0.15) is 12.2 Å². The molecule has 2 heterocycles. The van der Waals surface area contributed by atoms with Crippen LogP contribution in [0.1, 0.15) is 32.1 Å². The van der Waals surface area contributed by atoms with E-state index < -0.39 is 30.1 Å². The van der Waals surface area contributed by atoms with Gasteiger partial charge in [-0.1, -0.05) is 0 Å². The number of piperidine rings is 2. The molecule has 3 rings (SSSR count). The maximum atomic E-state index is 13.9. The van der Waals surface area contributed by atoms with Gasteiger partial charge in [0.05, 0.1) is 5.92 Å². The number of nitrogens with one attached hydrogen (secondary N) is 1. The van der Waals surface area contributed by atoms with Crippen molar-refractivity contribution in [1.29, 1.82) is 0 Å². The van der Waals surface area contributed by atoms with Gasteiger partial charge in [0.25, 0.3) is 0 Å². The standard InChI is InChI=1S/C16H25FN2O4/c17-12-3-11(15(20)21)7-19(8-12)13-2-1-9-6-18-14(16(22)23)5-10(9)4-13/h9-14,18H,1-8H2,(H,20,21)(H,22,23)/t9?,10?,11-,12?,13?,14?/m1/s1. The molecule has 3 N–H and O–H groups in total. The van der Waals surface area contributed by atoms with Crippen molar-refractivity contribution in [3.63, 3.8) is 0 Å². The molecule has 7 heteroatoms. The van der Waals surface area contributed by atoms with Gasteiger partial charge in [-0.05, 0) is 50.5 Å². The summed E-state index contributed by atoms with van der Waals surface area (Å²) in [6.07, 6.45) is 2.44. The normalized spacial score (nSPS) is 42.0. The first-order valence-electron chi connectivity index (χ1n) is 8.51. The largest absolute Gasteiger partial charge is 0.481 e. The van der Waals surface area contributed by atoms with Crippen LogP contribution in [-0.2, 0) is 9.59 Å². The van der Waals surface area contributed by atoms with Crippen molar-refractivity contribution in [2.24, 2.45) is 17.8 Å². The molecule has 130 valence electrons. The van der Waals surface area contributed by atoms with E-state index in [1.54, 1.807) is 0 Å². The molecule has 1 saturated carbocycles. The number of carbonyl (C=O) groups is 2. The lowest BCUT2D eigenvalue weighted by molar-refractivity contribution is -0.146. The van der Waals surface area contributed by atoms with Crippen LogP contribution in [0.5, 0.6) is 0 Å². The van der Waals surface area contributed by atoms with Crippen molar-refractivity contribution in [1.82, 2.24) is 10.2 Å². The molecule has 2 aliphatic heterocycles. The summed E-state index contributed by atoms with van der Waals surface area (Å²) in [6.45, 7) is 1.46. The highest BCUT2D eigenvalue weighted by Gasteiger charge is 2.41. The highest BCUT2D eigenvalue weighted by molar-refractivity contribution is 5.73. The molecule has 23 heavy (non-hydrogen) atoms. The van der Waals surface area contributed by atoms with Crippen LogP contribution >= 0.6 is 0 Å². The zero-order valence-corrected chi connectivity index (χ0v) is 13.2. The Morgan fingerprint density at radius 1 is 1.00 bits per heavy atom. The number of halogens is 1. The average Bonchev–Trinajstić information content (AvgIpc) is 2.53. The first kappa shape index (κ1) is 16.6. The maximum Gasteiger partial charge on any atom is 0.320 e. The van der Waals surface area contributed by atoms with Gasteiger partial charge in [-0.2, -0.15) is 0 Å². The number of likely N-dealkylation sites (tertiary alicyclic amines) is 1. The molecule has 0 amide bonds. The van der Waals surface area contributed by atoms with Gasteiger partial charge in [0.2, 0.25) is 0 Å². The lowest BCUT2D eigenvalue weighted by Crippen LogP contribution is -2.54. The number of nitrogens with zero attached hydrogens (tertiary/aromatic N) is 1. The van der Waals surface area contributed by atoms with Crippen molar-refractivity contribution in [3.05, 3.63) is 0 Å². The molecule has 0 aromatic heterocycles. The smallest absolute Gasteiger partial charge is 0.320 e. The Morgan fingerprint density at radius 3 is 2.48 bits per heavy atom. The predicted octanol–water partition coefficient (Wildman–Crippen LogP) is 0.962. The molecule has 2 saturated heterocycles. The molecule has 0 aromatic rings. The van der Waals surface area contributed by atoms with Crippen LogP contribution in [0.2, 0.25) is 0 Å². The lowest BCUT2D eigenvalue weighted by Gasteiger charge is -2.46. The van der Waals surface area contributed by atoms with Crippen LogP contribution < -0.4 is 5.32 Å². The fraction of sp³-hybridized carbons (Fsp3) is 0.875. The minimum Gasteiger partial charge on any atom is -0.481 e. The molecule has 5 unspecified atom stereocenters. The van der Waals surface area contributed by atoms with Gasteiger partial charge in [-0.15, -0.1) is 0 Å². The summed E-state index contributed by atoms with van der Waals surface area (Å²) in [5.74, 6) is -1.53. The summed E-state index contributed by atoms with van der Waals surface area (Å²) >= 11 is 0. The third-order valence-corrected chi connectivity index (χ3v) is 5.87. The van der Waals surface area contributed by atoms with Crippen molar-refractivity contribution in [3.8, 4) is 0 Å². The molecular formula is C16H25FN2O4. The highest BCUT2D eigenvalue weighted by atomic mass is 19.1. The van der Waals surface area contributed by atoms with Gasteiger partial charge in [-0.3, -0.25) is 14.5 Å². The molecule has 0 aromatic carbocycles. The lowest BCUT2D eigenvalue weighted by atomic mass is 9.71. The Balaban J connectivity index is 1.63. The first-order chi connectivity index (χ1) is 10.9.